The molecule has 1 amide bonds. The van der Waals surface area contributed by atoms with E-state index in [2.05, 4.69) is 15.0 Å². The summed E-state index contributed by atoms with van der Waals surface area (Å²) in [5.41, 5.74) is 5.86. The zero-order chi connectivity index (χ0) is 17.3. The van der Waals surface area contributed by atoms with E-state index < -0.39 is 15.6 Å². The first-order valence-electron chi connectivity index (χ1n) is 7.34. The number of aliphatic imine (C=N–C) groups is 1. The van der Waals surface area contributed by atoms with E-state index in [1.54, 1.807) is 25.1 Å². The van der Waals surface area contributed by atoms with Gasteiger partial charge in [0.25, 0.3) is 10.0 Å². The molecule has 0 fully saturated rings. The number of hydrogen-bond donors (Lipinski definition) is 3. The van der Waals surface area contributed by atoms with Crippen molar-refractivity contribution >= 4 is 34.2 Å². The van der Waals surface area contributed by atoms with Crippen molar-refractivity contribution in [2.45, 2.75) is 43.7 Å². The zero-order valence-electron chi connectivity index (χ0n) is 13.9. The maximum atomic E-state index is 12.0. The second-order valence-electron chi connectivity index (χ2n) is 6.40. The second-order valence-corrected chi connectivity index (χ2v) is 8.05. The number of amidine groups is 1. The lowest BCUT2D eigenvalue weighted by atomic mass is 10.1. The molecule has 1 aromatic rings. The molecular formula is C15H23ClN4O3S. The van der Waals surface area contributed by atoms with Gasteiger partial charge in [-0.1, -0.05) is 12.1 Å². The molecule has 0 bridgehead atoms. The van der Waals surface area contributed by atoms with E-state index in [0.29, 0.717) is 12.1 Å². The summed E-state index contributed by atoms with van der Waals surface area (Å²) < 4.78 is 26.4. The normalized spacial score (nSPS) is 18.2. The highest BCUT2D eigenvalue weighted by Crippen LogP contribution is 2.22. The second kappa shape index (κ2) is 7.50. The molecule has 1 unspecified atom stereocenters. The van der Waals surface area contributed by atoms with E-state index in [0.717, 1.165) is 0 Å². The van der Waals surface area contributed by atoms with Crippen LogP contribution in [-0.4, -0.2) is 38.3 Å². The van der Waals surface area contributed by atoms with Gasteiger partial charge in [0.05, 0.1) is 10.9 Å². The molecule has 0 spiro atoms. The average molecular weight is 375 g/mol. The molecule has 7 nitrogen and oxygen atoms in total. The van der Waals surface area contributed by atoms with Crippen LogP contribution < -0.4 is 15.8 Å². The third-order valence-electron chi connectivity index (χ3n) is 3.23. The first-order valence-corrected chi connectivity index (χ1v) is 8.82. The van der Waals surface area contributed by atoms with Crippen LogP contribution in [0.5, 0.6) is 0 Å². The molecule has 0 saturated carbocycles. The molecule has 0 saturated heterocycles. The topological polar surface area (TPSA) is 114 Å². The monoisotopic (exact) mass is 374 g/mol. The quantitative estimate of drug-likeness (QED) is 0.706. The van der Waals surface area contributed by atoms with Crippen molar-refractivity contribution in [3.8, 4) is 0 Å². The fraction of sp³-hybridized carbons (Fsp3) is 0.467. The smallest absolute Gasteiger partial charge is 0.263 e. The fourth-order valence-electron chi connectivity index (χ4n) is 2.16. The number of nitrogens with zero attached hydrogens (tertiary/aromatic N) is 1. The number of nitrogens with two attached hydrogens (primary N) is 1. The minimum absolute atomic E-state index is 0. The van der Waals surface area contributed by atoms with Gasteiger partial charge in [-0.3, -0.25) is 14.5 Å². The Bertz CT molecular complexity index is 741. The number of sulfonamides is 1. The standard InChI is InChI=1S/C15H22N4O3S.ClH/c1-10(8-13(20)17-9-15(2,3)16)18-14-11-6-4-5-7-12(11)23(21,22)19-14;/h4-7,10H,8-9,16H2,1-3H3,(H,17,20)(H,18,19);1H. The van der Waals surface area contributed by atoms with Crippen molar-refractivity contribution in [2.24, 2.45) is 10.7 Å². The average Bonchev–Trinajstić information content (AvgIpc) is 2.68. The number of carbonyl (C=O) groups is 1. The molecule has 0 aromatic heterocycles. The predicted octanol–water partition coefficient (Wildman–Crippen LogP) is 0.779. The number of halogens is 1. The summed E-state index contributed by atoms with van der Waals surface area (Å²) in [7, 11) is -3.56. The van der Waals surface area contributed by atoms with Crippen LogP contribution in [-0.2, 0) is 14.8 Å². The number of carbonyl (C=O) groups excluding carboxylic acids is 1. The van der Waals surface area contributed by atoms with Crippen molar-refractivity contribution in [1.29, 1.82) is 0 Å². The molecule has 1 aliphatic heterocycles. The highest BCUT2D eigenvalue weighted by molar-refractivity contribution is 7.90. The van der Waals surface area contributed by atoms with E-state index in [1.165, 1.54) is 6.07 Å². The maximum absolute atomic E-state index is 12.0. The molecule has 1 atom stereocenters. The van der Waals surface area contributed by atoms with Crippen LogP contribution in [0.4, 0.5) is 0 Å². The molecule has 1 aliphatic rings. The lowest BCUT2D eigenvalue weighted by Gasteiger charge is -2.19. The van der Waals surface area contributed by atoms with Gasteiger partial charge >= 0.3 is 0 Å². The van der Waals surface area contributed by atoms with Gasteiger partial charge in [0, 0.05) is 24.1 Å². The summed E-state index contributed by atoms with van der Waals surface area (Å²) in [5, 5.41) is 2.74. The van der Waals surface area contributed by atoms with Crippen molar-refractivity contribution in [3.63, 3.8) is 0 Å². The predicted molar refractivity (Wildman–Crippen MR) is 95.9 cm³/mol. The number of rotatable bonds is 5. The van der Waals surface area contributed by atoms with Crippen molar-refractivity contribution in [1.82, 2.24) is 10.0 Å². The number of benzene rings is 1. The van der Waals surface area contributed by atoms with Crippen LogP contribution in [0, 0.1) is 0 Å². The van der Waals surface area contributed by atoms with Gasteiger partial charge < -0.3 is 11.1 Å². The highest BCUT2D eigenvalue weighted by atomic mass is 35.5. The van der Waals surface area contributed by atoms with Crippen LogP contribution in [0.2, 0.25) is 0 Å². The van der Waals surface area contributed by atoms with Crippen LogP contribution in [0.3, 0.4) is 0 Å². The minimum Gasteiger partial charge on any atom is -0.354 e. The zero-order valence-corrected chi connectivity index (χ0v) is 15.5. The lowest BCUT2D eigenvalue weighted by molar-refractivity contribution is -0.121. The van der Waals surface area contributed by atoms with E-state index in [1.807, 2.05) is 13.8 Å². The number of amides is 1. The molecule has 1 aromatic carbocycles. The van der Waals surface area contributed by atoms with Crippen molar-refractivity contribution in [2.75, 3.05) is 6.54 Å². The SMILES string of the molecule is CC(CC(=O)NCC(C)(C)N)N=C1NS(=O)(=O)c2ccccc21.Cl. The van der Waals surface area contributed by atoms with E-state index in [9.17, 15) is 13.2 Å². The molecule has 2 rings (SSSR count). The lowest BCUT2D eigenvalue weighted by Crippen LogP contribution is -2.45. The van der Waals surface area contributed by atoms with Crippen molar-refractivity contribution in [3.05, 3.63) is 29.8 Å². The van der Waals surface area contributed by atoms with Crippen LogP contribution in [0.15, 0.2) is 34.2 Å². The Labute approximate surface area is 148 Å². The third kappa shape index (κ3) is 5.19. The molecule has 1 heterocycles. The molecule has 134 valence electrons. The fourth-order valence-corrected chi connectivity index (χ4v) is 3.40. The maximum Gasteiger partial charge on any atom is 0.263 e. The van der Waals surface area contributed by atoms with Gasteiger partial charge in [-0.25, -0.2) is 8.42 Å². The molecule has 24 heavy (non-hydrogen) atoms. The third-order valence-corrected chi connectivity index (χ3v) is 4.63. The van der Waals surface area contributed by atoms with Gasteiger partial charge in [-0.05, 0) is 32.9 Å². The van der Waals surface area contributed by atoms with E-state index >= 15 is 0 Å². The Morgan fingerprint density at radius 3 is 2.62 bits per heavy atom. The van der Waals surface area contributed by atoms with Gasteiger partial charge in [0.1, 0.15) is 5.84 Å². The Kier molecular flexibility index (Phi) is 6.38. The largest absolute Gasteiger partial charge is 0.354 e. The highest BCUT2D eigenvalue weighted by Gasteiger charge is 2.30. The van der Waals surface area contributed by atoms with Gasteiger partial charge in [0.2, 0.25) is 5.91 Å². The van der Waals surface area contributed by atoms with Crippen molar-refractivity contribution < 1.29 is 13.2 Å². The van der Waals surface area contributed by atoms with E-state index in [4.69, 9.17) is 5.73 Å². The molecule has 0 radical (unpaired) electrons. The van der Waals surface area contributed by atoms with Crippen LogP contribution in [0.25, 0.3) is 0 Å². The first-order chi connectivity index (χ1) is 10.6. The summed E-state index contributed by atoms with van der Waals surface area (Å²) in [4.78, 5) is 16.4. The molecule has 9 heteroatoms. The Morgan fingerprint density at radius 2 is 2.00 bits per heavy atom. The van der Waals surface area contributed by atoms with E-state index in [-0.39, 0.29) is 41.5 Å². The summed E-state index contributed by atoms with van der Waals surface area (Å²) in [5.74, 6) is 0.106. The Balaban J connectivity index is 0.00000288. The number of nitrogens with one attached hydrogen (secondary N) is 2. The Hall–Kier alpha value is -1.64. The van der Waals surface area contributed by atoms with Gasteiger partial charge in [-0.15, -0.1) is 12.4 Å². The van der Waals surface area contributed by atoms with Crippen LogP contribution in [0.1, 0.15) is 32.8 Å². The summed E-state index contributed by atoms with van der Waals surface area (Å²) in [6.07, 6.45) is 0.156. The molecule has 0 aliphatic carbocycles. The molecular weight excluding hydrogens is 352 g/mol. The van der Waals surface area contributed by atoms with Gasteiger partial charge in [0.15, 0.2) is 0 Å². The summed E-state index contributed by atoms with van der Waals surface area (Å²) >= 11 is 0. The first kappa shape index (κ1) is 20.4. The van der Waals surface area contributed by atoms with Crippen LogP contribution >= 0.6 is 12.4 Å². The summed E-state index contributed by atoms with van der Waals surface area (Å²) in [6, 6.07) is 6.26. The number of fused-ring (bicyclic) bond motifs is 1. The minimum atomic E-state index is -3.56. The number of hydrogen-bond acceptors (Lipinski definition) is 5. The summed E-state index contributed by atoms with van der Waals surface area (Å²) in [6.45, 7) is 5.77. The van der Waals surface area contributed by atoms with Gasteiger partial charge in [-0.2, -0.15) is 0 Å². The Morgan fingerprint density at radius 1 is 1.38 bits per heavy atom. The molecule has 4 N–H and O–H groups in total.